The summed E-state index contributed by atoms with van der Waals surface area (Å²) in [5, 5.41) is 10.4. The van der Waals surface area contributed by atoms with Crippen LogP contribution < -0.4 is 5.69 Å². The second-order valence-corrected chi connectivity index (χ2v) is 6.60. The molecule has 20 heavy (non-hydrogen) atoms. The van der Waals surface area contributed by atoms with E-state index < -0.39 is 6.10 Å². The number of nitrogens with one attached hydrogen (secondary N) is 2. The lowest BCUT2D eigenvalue weighted by atomic mass is 9.96. The first-order chi connectivity index (χ1) is 9.63. The molecular weight excluding hydrogens is 320 g/mol. The summed E-state index contributed by atoms with van der Waals surface area (Å²) in [6, 6.07) is 3.71. The molecule has 0 radical (unpaired) electrons. The Morgan fingerprint density at radius 1 is 1.25 bits per heavy atom. The first-order valence-corrected chi connectivity index (χ1v) is 8.02. The molecule has 2 aromatic rings. The number of H-pyrrole nitrogens is 2. The second-order valence-electron chi connectivity index (χ2n) is 5.74. The number of benzene rings is 1. The van der Waals surface area contributed by atoms with Crippen LogP contribution in [0.25, 0.3) is 11.0 Å². The van der Waals surface area contributed by atoms with Crippen LogP contribution in [0.3, 0.4) is 0 Å². The fourth-order valence-corrected chi connectivity index (χ4v) is 3.78. The molecule has 0 saturated heterocycles. The third kappa shape index (κ3) is 2.83. The van der Waals surface area contributed by atoms with Crippen LogP contribution in [0.15, 0.2) is 21.4 Å². The number of aromatic nitrogens is 2. The van der Waals surface area contributed by atoms with Gasteiger partial charge in [-0.2, -0.15) is 0 Å². The van der Waals surface area contributed by atoms with Crippen molar-refractivity contribution in [1.82, 2.24) is 9.97 Å². The van der Waals surface area contributed by atoms with Crippen LogP contribution in [0.4, 0.5) is 0 Å². The lowest BCUT2D eigenvalue weighted by Crippen LogP contribution is -2.02. The van der Waals surface area contributed by atoms with Crippen molar-refractivity contribution < 1.29 is 5.11 Å². The number of aromatic amines is 2. The average Bonchev–Trinajstić information content (AvgIpc) is 3.03. The van der Waals surface area contributed by atoms with Gasteiger partial charge in [-0.25, -0.2) is 4.79 Å². The quantitative estimate of drug-likeness (QED) is 0.796. The van der Waals surface area contributed by atoms with Crippen molar-refractivity contribution >= 4 is 27.0 Å². The largest absolute Gasteiger partial charge is 0.388 e. The summed E-state index contributed by atoms with van der Waals surface area (Å²) in [5.74, 6) is 0.777. The van der Waals surface area contributed by atoms with E-state index in [9.17, 15) is 9.90 Å². The van der Waals surface area contributed by atoms with E-state index in [1.165, 1.54) is 25.7 Å². The summed E-state index contributed by atoms with van der Waals surface area (Å²) >= 11 is 3.48. The van der Waals surface area contributed by atoms with Gasteiger partial charge in [-0.15, -0.1) is 0 Å². The van der Waals surface area contributed by atoms with Crippen LogP contribution in [0.1, 0.15) is 50.2 Å². The van der Waals surface area contributed by atoms with E-state index in [1.54, 1.807) is 0 Å². The smallest absolute Gasteiger partial charge is 0.323 e. The highest BCUT2D eigenvalue weighted by atomic mass is 79.9. The minimum atomic E-state index is -0.479. The van der Waals surface area contributed by atoms with Crippen molar-refractivity contribution in [2.24, 2.45) is 5.92 Å². The Balaban J connectivity index is 1.77. The standard InChI is InChI=1S/C15H19BrN2O2/c16-11-8-13-12(17-15(20)18-13)7-10(11)14(19)6-5-9-3-1-2-4-9/h7-9,14,19H,1-6H2,(H2,17,18,20). The van der Waals surface area contributed by atoms with Gasteiger partial charge in [-0.1, -0.05) is 41.6 Å². The molecular formula is C15H19BrN2O2. The topological polar surface area (TPSA) is 68.9 Å². The number of aliphatic hydroxyl groups excluding tert-OH is 1. The monoisotopic (exact) mass is 338 g/mol. The molecule has 4 nitrogen and oxygen atoms in total. The zero-order valence-corrected chi connectivity index (χ0v) is 12.9. The van der Waals surface area contributed by atoms with Gasteiger partial charge in [-0.05, 0) is 36.5 Å². The molecule has 1 heterocycles. The summed E-state index contributed by atoms with van der Waals surface area (Å²) in [6.45, 7) is 0. The van der Waals surface area contributed by atoms with Crippen LogP contribution in [0.5, 0.6) is 0 Å². The number of aliphatic hydroxyl groups is 1. The van der Waals surface area contributed by atoms with Crippen molar-refractivity contribution in [3.05, 3.63) is 32.7 Å². The van der Waals surface area contributed by atoms with Crippen molar-refractivity contribution in [2.45, 2.75) is 44.6 Å². The maximum Gasteiger partial charge on any atom is 0.323 e. The van der Waals surface area contributed by atoms with Gasteiger partial charge in [0.1, 0.15) is 0 Å². The van der Waals surface area contributed by atoms with Gasteiger partial charge < -0.3 is 15.1 Å². The van der Waals surface area contributed by atoms with Gasteiger partial charge in [0.25, 0.3) is 0 Å². The SMILES string of the molecule is O=c1[nH]c2cc(Br)c(C(O)CCC3CCCC3)cc2[nH]1. The third-order valence-corrected chi connectivity index (χ3v) is 5.00. The number of hydrogen-bond donors (Lipinski definition) is 3. The van der Waals surface area contributed by atoms with E-state index in [0.717, 1.165) is 39.8 Å². The normalized spacial score (nSPS) is 17.9. The van der Waals surface area contributed by atoms with Crippen molar-refractivity contribution in [1.29, 1.82) is 0 Å². The van der Waals surface area contributed by atoms with Crippen LogP contribution in [-0.2, 0) is 0 Å². The van der Waals surface area contributed by atoms with E-state index in [1.807, 2.05) is 12.1 Å². The Hall–Kier alpha value is -1.07. The van der Waals surface area contributed by atoms with Gasteiger partial charge in [-0.3, -0.25) is 0 Å². The predicted molar refractivity (Wildman–Crippen MR) is 82.8 cm³/mol. The Morgan fingerprint density at radius 3 is 2.60 bits per heavy atom. The number of fused-ring (bicyclic) bond motifs is 1. The molecule has 1 unspecified atom stereocenters. The highest BCUT2D eigenvalue weighted by molar-refractivity contribution is 9.10. The molecule has 5 heteroatoms. The Bertz CT molecular complexity index is 655. The molecule has 108 valence electrons. The lowest BCUT2D eigenvalue weighted by molar-refractivity contribution is 0.156. The molecule has 1 aliphatic carbocycles. The summed E-state index contributed by atoms with van der Waals surface area (Å²) in [5.41, 5.74) is 2.14. The molecule has 0 aliphatic heterocycles. The molecule has 1 aliphatic rings. The van der Waals surface area contributed by atoms with E-state index in [2.05, 4.69) is 25.9 Å². The van der Waals surface area contributed by atoms with E-state index >= 15 is 0 Å². The van der Waals surface area contributed by atoms with Crippen LogP contribution in [0.2, 0.25) is 0 Å². The van der Waals surface area contributed by atoms with Gasteiger partial charge >= 0.3 is 5.69 Å². The number of halogens is 1. The third-order valence-electron chi connectivity index (χ3n) is 4.32. The van der Waals surface area contributed by atoms with Gasteiger partial charge in [0.2, 0.25) is 0 Å². The first kappa shape index (κ1) is 13.9. The van der Waals surface area contributed by atoms with Crippen molar-refractivity contribution in [3.8, 4) is 0 Å². The molecule has 3 N–H and O–H groups in total. The molecule has 1 atom stereocenters. The van der Waals surface area contributed by atoms with E-state index in [0.29, 0.717) is 0 Å². The molecule has 0 bridgehead atoms. The molecule has 1 aromatic carbocycles. The molecule has 0 spiro atoms. The fraction of sp³-hybridized carbons (Fsp3) is 0.533. The van der Waals surface area contributed by atoms with Crippen molar-refractivity contribution in [2.75, 3.05) is 0 Å². The highest BCUT2D eigenvalue weighted by Gasteiger charge is 2.19. The highest BCUT2D eigenvalue weighted by Crippen LogP contribution is 2.34. The minimum absolute atomic E-state index is 0.218. The Kier molecular flexibility index (Phi) is 3.98. The maximum absolute atomic E-state index is 11.3. The second kappa shape index (κ2) is 5.74. The van der Waals surface area contributed by atoms with E-state index in [4.69, 9.17) is 0 Å². The fourth-order valence-electron chi connectivity index (χ4n) is 3.18. The van der Waals surface area contributed by atoms with Gasteiger partial charge in [0.05, 0.1) is 17.1 Å². The zero-order valence-electron chi connectivity index (χ0n) is 11.3. The maximum atomic E-state index is 11.3. The summed E-state index contributed by atoms with van der Waals surface area (Å²) in [7, 11) is 0. The molecule has 3 rings (SSSR count). The molecule has 0 amide bonds. The predicted octanol–water partition coefficient (Wildman–Crippen LogP) is 3.62. The molecule has 1 fully saturated rings. The van der Waals surface area contributed by atoms with Crippen molar-refractivity contribution in [3.63, 3.8) is 0 Å². The lowest BCUT2D eigenvalue weighted by Gasteiger charge is -2.15. The summed E-state index contributed by atoms with van der Waals surface area (Å²) < 4.78 is 0.846. The van der Waals surface area contributed by atoms with E-state index in [-0.39, 0.29) is 5.69 Å². The van der Waals surface area contributed by atoms with Gasteiger partial charge in [0.15, 0.2) is 0 Å². The number of hydrogen-bond acceptors (Lipinski definition) is 2. The summed E-state index contributed by atoms with van der Waals surface area (Å²) in [6.07, 6.45) is 6.66. The van der Waals surface area contributed by atoms with Gasteiger partial charge in [0, 0.05) is 4.47 Å². The van der Waals surface area contributed by atoms with Crippen LogP contribution in [-0.4, -0.2) is 15.1 Å². The first-order valence-electron chi connectivity index (χ1n) is 7.23. The zero-order chi connectivity index (χ0) is 14.1. The molecule has 1 saturated carbocycles. The average molecular weight is 339 g/mol. The van der Waals surface area contributed by atoms with Crippen LogP contribution >= 0.6 is 15.9 Å². The number of imidazole rings is 1. The molecule has 1 aromatic heterocycles. The summed E-state index contributed by atoms with van der Waals surface area (Å²) in [4.78, 5) is 16.7. The van der Waals surface area contributed by atoms with Crippen LogP contribution in [0, 0.1) is 5.92 Å². The minimum Gasteiger partial charge on any atom is -0.388 e. The Morgan fingerprint density at radius 2 is 1.90 bits per heavy atom. The number of rotatable bonds is 4. The Labute approximate surface area is 125 Å².